The van der Waals surface area contributed by atoms with Crippen molar-refractivity contribution in [3.63, 3.8) is 0 Å². The largest absolute Gasteiger partial charge is 0.450 e. The van der Waals surface area contributed by atoms with Crippen LogP contribution >= 0.6 is 0 Å². The van der Waals surface area contributed by atoms with Gasteiger partial charge in [0.15, 0.2) is 12.1 Å². The smallest absolute Gasteiger partial charge is 0.332 e. The molecule has 0 unspecified atom stereocenters. The maximum atomic E-state index is 14.6. The van der Waals surface area contributed by atoms with E-state index in [9.17, 15) is 53.4 Å². The Morgan fingerprint density at radius 1 is 0.647 bits per heavy atom. The number of rotatable bonds is 10. The molecule has 20 nitrogen and oxygen atoms in total. The summed E-state index contributed by atoms with van der Waals surface area (Å²) in [7, 11) is 5.38. The summed E-state index contributed by atoms with van der Waals surface area (Å²) in [6, 6.07) is -10.3. The predicted octanol–water partition coefficient (Wildman–Crippen LogP) is 0.899. The molecular formula is C48H84N8O12. The van der Waals surface area contributed by atoms with Crippen LogP contribution in [0.5, 0.6) is 0 Å². The van der Waals surface area contributed by atoms with Crippen molar-refractivity contribution >= 4 is 53.2 Å². The van der Waals surface area contributed by atoms with Crippen molar-refractivity contribution in [2.45, 2.75) is 182 Å². The number of carbonyl (C=O) groups is 9. The Labute approximate surface area is 403 Å². The fourth-order valence-corrected chi connectivity index (χ4v) is 9.12. The highest BCUT2D eigenvalue weighted by Crippen LogP contribution is 2.26. The lowest BCUT2D eigenvalue weighted by molar-refractivity contribution is -0.177. The third-order valence-corrected chi connectivity index (χ3v) is 13.6. The molecule has 8 amide bonds. The van der Waals surface area contributed by atoms with Gasteiger partial charge < -0.3 is 55.4 Å². The summed E-state index contributed by atoms with van der Waals surface area (Å²) in [5, 5.41) is 30.2. The molecule has 0 saturated carbocycles. The summed E-state index contributed by atoms with van der Waals surface area (Å²) in [5.41, 5.74) is -1.97. The lowest BCUT2D eigenvalue weighted by Gasteiger charge is -2.39. The molecule has 2 heterocycles. The number of cyclic esters (lactones) is 1. The van der Waals surface area contributed by atoms with Crippen LogP contribution in [-0.4, -0.2) is 189 Å². The van der Waals surface area contributed by atoms with Crippen molar-refractivity contribution in [1.82, 2.24) is 40.4 Å². The molecule has 11 atom stereocenters. The van der Waals surface area contributed by atoms with Crippen LogP contribution in [0.3, 0.4) is 0 Å². The standard InChI is InChI=1S/C48H84N8O12/c1-18-28(9)34-45(64)53(15)35(26(5)6)40(59)49-31(23-25(3)4)43(62)55(17)38(48(12,13)67)47(66)68-37(29(10)19-2)46(65)54(16)36(27(7)8)41(60)50-32(24-57)44(63)52(14)30(11)42(61)56-22-20-21-33(56)39(58)51-34/h25-38,57,67H,18-24H2,1-17H3,(H,49,59)(H,50,60)(H,51,58)/t28-,29-,30+,31-,32-,33-,34-,35-,36-,37+,38+/m0/s1. The summed E-state index contributed by atoms with van der Waals surface area (Å²) in [4.78, 5) is 135. The predicted molar refractivity (Wildman–Crippen MR) is 254 cm³/mol. The highest BCUT2D eigenvalue weighted by molar-refractivity contribution is 5.99. The maximum Gasteiger partial charge on any atom is 0.332 e. The van der Waals surface area contributed by atoms with Crippen LogP contribution < -0.4 is 16.0 Å². The van der Waals surface area contributed by atoms with Gasteiger partial charge in [-0.25, -0.2) is 4.79 Å². The molecule has 0 radical (unpaired) electrons. The Hall–Kier alpha value is -4.85. The van der Waals surface area contributed by atoms with E-state index in [0.717, 1.165) is 14.7 Å². The van der Waals surface area contributed by atoms with E-state index in [4.69, 9.17) is 4.74 Å². The van der Waals surface area contributed by atoms with E-state index in [-0.39, 0.29) is 25.3 Å². The third kappa shape index (κ3) is 14.1. The van der Waals surface area contributed by atoms with Crippen molar-refractivity contribution in [3.05, 3.63) is 0 Å². The first kappa shape index (κ1) is 59.3. The number of hydrogen-bond acceptors (Lipinski definition) is 12. The second-order valence-electron chi connectivity index (χ2n) is 20.6. The number of aliphatic hydroxyl groups excluding tert-OH is 1. The molecule has 2 rings (SSSR count). The Morgan fingerprint density at radius 2 is 1.13 bits per heavy atom. The number of carbonyl (C=O) groups excluding carboxylic acids is 9. The zero-order chi connectivity index (χ0) is 52.4. The average molecular weight is 965 g/mol. The Kier molecular flexibility index (Phi) is 21.9. The summed E-state index contributed by atoms with van der Waals surface area (Å²) in [6.07, 6.45) is 0.0312. The van der Waals surface area contributed by atoms with Gasteiger partial charge in [-0.3, -0.25) is 38.4 Å². The highest BCUT2D eigenvalue weighted by atomic mass is 16.6. The molecule has 0 aromatic rings. The van der Waals surface area contributed by atoms with E-state index >= 15 is 0 Å². The number of aliphatic hydroxyl groups is 2. The van der Waals surface area contributed by atoms with E-state index in [0.29, 0.717) is 19.3 Å². The van der Waals surface area contributed by atoms with Gasteiger partial charge in [-0.2, -0.15) is 0 Å². The van der Waals surface area contributed by atoms with Crippen LogP contribution in [0.4, 0.5) is 0 Å². The van der Waals surface area contributed by atoms with Crippen molar-refractivity contribution in [1.29, 1.82) is 0 Å². The molecule has 68 heavy (non-hydrogen) atoms. The number of ether oxygens (including phenoxy) is 1. The number of nitrogens with zero attached hydrogens (tertiary/aromatic N) is 5. The van der Waals surface area contributed by atoms with Crippen LogP contribution in [0.25, 0.3) is 0 Å². The minimum absolute atomic E-state index is 0.0851. The van der Waals surface area contributed by atoms with Gasteiger partial charge in [0.05, 0.1) is 12.2 Å². The summed E-state index contributed by atoms with van der Waals surface area (Å²) in [5.74, 6) is -9.19. The van der Waals surface area contributed by atoms with Gasteiger partial charge in [0, 0.05) is 40.7 Å². The molecule has 20 heteroatoms. The molecule has 5 N–H and O–H groups in total. The minimum Gasteiger partial charge on any atom is -0.450 e. The van der Waals surface area contributed by atoms with E-state index in [1.54, 1.807) is 48.5 Å². The molecule has 0 aromatic heterocycles. The van der Waals surface area contributed by atoms with Gasteiger partial charge in [0.1, 0.15) is 42.3 Å². The fourth-order valence-electron chi connectivity index (χ4n) is 9.12. The quantitative estimate of drug-likeness (QED) is 0.192. The second-order valence-corrected chi connectivity index (χ2v) is 20.6. The Balaban J connectivity index is 2.90. The number of likely N-dealkylation sites (N-methyl/N-ethyl adjacent to an activating group) is 4. The van der Waals surface area contributed by atoms with Crippen LogP contribution in [0.2, 0.25) is 0 Å². The van der Waals surface area contributed by atoms with E-state index in [1.807, 2.05) is 20.8 Å². The number of fused-ring (bicyclic) bond motifs is 1. The normalized spacial score (nSPS) is 29.0. The van der Waals surface area contributed by atoms with Crippen LogP contribution in [0.15, 0.2) is 0 Å². The highest BCUT2D eigenvalue weighted by Gasteiger charge is 2.47. The van der Waals surface area contributed by atoms with Crippen LogP contribution in [0, 0.1) is 29.6 Å². The molecule has 2 aliphatic heterocycles. The van der Waals surface area contributed by atoms with Gasteiger partial charge in [0.2, 0.25) is 41.4 Å². The van der Waals surface area contributed by atoms with Gasteiger partial charge in [0.25, 0.3) is 5.91 Å². The van der Waals surface area contributed by atoms with Crippen LogP contribution in [0.1, 0.15) is 122 Å². The topological polar surface area (TPSA) is 256 Å². The van der Waals surface area contributed by atoms with Crippen molar-refractivity contribution in [2.75, 3.05) is 41.3 Å². The number of hydrogen-bond donors (Lipinski definition) is 5. The molecule has 0 spiro atoms. The first-order chi connectivity index (χ1) is 31.4. The number of nitrogens with one attached hydrogen (secondary N) is 3. The molecular weight excluding hydrogens is 881 g/mol. The molecule has 0 aromatic carbocycles. The van der Waals surface area contributed by atoms with Gasteiger partial charge in [-0.05, 0) is 70.1 Å². The summed E-state index contributed by atoms with van der Waals surface area (Å²) >= 11 is 0. The third-order valence-electron chi connectivity index (χ3n) is 13.6. The number of esters is 1. The lowest BCUT2D eigenvalue weighted by Crippen LogP contribution is -2.63. The monoisotopic (exact) mass is 965 g/mol. The Bertz CT molecular complexity index is 1820. The summed E-state index contributed by atoms with van der Waals surface area (Å²) in [6.45, 7) is 20.8. The Morgan fingerprint density at radius 3 is 1.59 bits per heavy atom. The van der Waals surface area contributed by atoms with Gasteiger partial charge in [-0.15, -0.1) is 0 Å². The van der Waals surface area contributed by atoms with Gasteiger partial charge >= 0.3 is 5.97 Å². The van der Waals surface area contributed by atoms with E-state index in [2.05, 4.69) is 16.0 Å². The van der Waals surface area contributed by atoms with E-state index in [1.165, 1.54) is 58.8 Å². The lowest BCUT2D eigenvalue weighted by atomic mass is 9.93. The average Bonchev–Trinajstić information content (AvgIpc) is 3.75. The number of amides is 8. The minimum atomic E-state index is -1.97. The molecule has 0 aliphatic carbocycles. The molecule has 388 valence electrons. The van der Waals surface area contributed by atoms with Crippen LogP contribution in [-0.2, 0) is 47.9 Å². The maximum absolute atomic E-state index is 14.6. The first-order valence-corrected chi connectivity index (χ1v) is 24.2. The first-order valence-electron chi connectivity index (χ1n) is 24.2. The molecule has 0 bridgehead atoms. The second kappa shape index (κ2) is 25.1. The molecule has 2 fully saturated rings. The summed E-state index contributed by atoms with van der Waals surface area (Å²) < 4.78 is 5.95. The zero-order valence-electron chi connectivity index (χ0n) is 43.7. The molecule has 2 saturated heterocycles. The van der Waals surface area contributed by atoms with Crippen molar-refractivity contribution < 1.29 is 58.1 Å². The van der Waals surface area contributed by atoms with Crippen molar-refractivity contribution in [3.8, 4) is 0 Å². The fraction of sp³-hybridized carbons (Fsp3) is 0.812. The van der Waals surface area contributed by atoms with Crippen molar-refractivity contribution in [2.24, 2.45) is 29.6 Å². The SMILES string of the molecule is CC[C@H](C)[C@@H]1NC(=O)[C@@H]2CCCN2C(=O)[C@@H](C)N(C)C(=O)[C@H](CO)NC(=O)[C@H](C(C)C)N(C)C(=O)[C@@H]([C@@H](C)CC)OC(=O)[C@H](C(C)(C)O)N(C)C(=O)[C@H](CC(C)C)NC(=O)[C@H](C(C)C)N(C)C1=O. The van der Waals surface area contributed by atoms with E-state index < -0.39 is 144 Å². The molecule has 2 aliphatic rings. The van der Waals surface area contributed by atoms with Gasteiger partial charge in [-0.1, -0.05) is 75.7 Å². The zero-order valence-corrected chi connectivity index (χ0v) is 43.7.